The van der Waals surface area contributed by atoms with E-state index in [4.69, 9.17) is 0 Å². The van der Waals surface area contributed by atoms with E-state index in [1.165, 1.54) is 17.0 Å². The van der Waals surface area contributed by atoms with Gasteiger partial charge >= 0.3 is 6.18 Å². The maximum absolute atomic E-state index is 13.0. The van der Waals surface area contributed by atoms with Crippen LogP contribution in [0.1, 0.15) is 49.5 Å². The van der Waals surface area contributed by atoms with E-state index in [0.717, 1.165) is 25.0 Å². The molecular weight excluding hydrogens is 423 g/mol. The molecule has 9 heteroatoms. The summed E-state index contributed by atoms with van der Waals surface area (Å²) in [4.78, 5) is 43.2. The quantitative estimate of drug-likeness (QED) is 0.691. The predicted molar refractivity (Wildman–Crippen MR) is 113 cm³/mol. The van der Waals surface area contributed by atoms with Crippen LogP contribution in [0.5, 0.6) is 0 Å². The van der Waals surface area contributed by atoms with Gasteiger partial charge in [-0.25, -0.2) is 0 Å². The molecule has 1 aromatic rings. The van der Waals surface area contributed by atoms with Crippen molar-refractivity contribution in [2.75, 3.05) is 39.3 Å². The molecule has 1 unspecified atom stereocenters. The molecule has 1 aromatic carbocycles. The van der Waals surface area contributed by atoms with E-state index < -0.39 is 23.1 Å². The maximum Gasteiger partial charge on any atom is 0.416 e. The molecule has 0 saturated carbocycles. The number of likely N-dealkylation sites (tertiary alicyclic amines) is 1. The number of piperazine rings is 1. The minimum absolute atomic E-state index is 0.0109. The van der Waals surface area contributed by atoms with E-state index in [2.05, 4.69) is 0 Å². The molecule has 0 radical (unpaired) electrons. The van der Waals surface area contributed by atoms with Gasteiger partial charge in [-0.05, 0) is 31.0 Å². The summed E-state index contributed by atoms with van der Waals surface area (Å²) in [6.07, 6.45) is -3.02. The zero-order valence-electron chi connectivity index (χ0n) is 18.7. The first-order valence-corrected chi connectivity index (χ1v) is 10.9. The summed E-state index contributed by atoms with van der Waals surface area (Å²) < 4.78 is 38.8. The molecule has 32 heavy (non-hydrogen) atoms. The van der Waals surface area contributed by atoms with Crippen molar-refractivity contribution in [3.8, 4) is 0 Å². The summed E-state index contributed by atoms with van der Waals surface area (Å²) in [6, 6.07) is 4.40. The van der Waals surface area contributed by atoms with E-state index >= 15 is 0 Å². The van der Waals surface area contributed by atoms with Crippen LogP contribution in [0.4, 0.5) is 13.2 Å². The number of rotatable bonds is 2. The number of alkyl halides is 3. The molecular formula is C23H30F3N3O3. The van der Waals surface area contributed by atoms with Crippen molar-refractivity contribution in [3.63, 3.8) is 0 Å². The Morgan fingerprint density at radius 1 is 0.906 bits per heavy atom. The first-order valence-electron chi connectivity index (χ1n) is 10.9. The van der Waals surface area contributed by atoms with Crippen molar-refractivity contribution in [1.82, 2.24) is 14.7 Å². The number of amides is 3. The van der Waals surface area contributed by atoms with Gasteiger partial charge in [0, 0.05) is 50.2 Å². The average molecular weight is 454 g/mol. The third kappa shape index (κ3) is 5.42. The second-order valence-electron chi connectivity index (χ2n) is 9.54. The average Bonchev–Trinajstić information content (AvgIpc) is 2.76. The summed E-state index contributed by atoms with van der Waals surface area (Å²) in [5.74, 6) is -0.724. The first kappa shape index (κ1) is 24.1. The van der Waals surface area contributed by atoms with Gasteiger partial charge in [-0.3, -0.25) is 14.4 Å². The zero-order valence-corrected chi connectivity index (χ0v) is 18.7. The Balaban J connectivity index is 1.58. The normalized spacial score (nSPS) is 20.3. The second kappa shape index (κ2) is 9.11. The number of carbonyl (C=O) groups excluding carboxylic acids is 3. The largest absolute Gasteiger partial charge is 0.416 e. The molecule has 2 fully saturated rings. The van der Waals surface area contributed by atoms with Gasteiger partial charge in [0.15, 0.2) is 0 Å². The molecule has 0 spiro atoms. The summed E-state index contributed by atoms with van der Waals surface area (Å²) in [7, 11) is 0. The fourth-order valence-electron chi connectivity index (χ4n) is 4.24. The smallest absolute Gasteiger partial charge is 0.341 e. The lowest BCUT2D eigenvalue weighted by Gasteiger charge is -2.40. The number of hydrogen-bond donors (Lipinski definition) is 0. The number of nitrogens with zero attached hydrogens (tertiary/aromatic N) is 3. The van der Waals surface area contributed by atoms with Crippen LogP contribution in [-0.2, 0) is 15.8 Å². The molecule has 2 saturated heterocycles. The van der Waals surface area contributed by atoms with E-state index in [9.17, 15) is 27.6 Å². The van der Waals surface area contributed by atoms with Crippen LogP contribution in [0.25, 0.3) is 0 Å². The van der Waals surface area contributed by atoms with E-state index in [-0.39, 0.29) is 36.4 Å². The van der Waals surface area contributed by atoms with Crippen LogP contribution >= 0.6 is 0 Å². The fourth-order valence-corrected chi connectivity index (χ4v) is 4.24. The Morgan fingerprint density at radius 3 is 2.12 bits per heavy atom. The molecule has 6 nitrogen and oxygen atoms in total. The maximum atomic E-state index is 13.0. The molecule has 0 aromatic heterocycles. The van der Waals surface area contributed by atoms with Crippen LogP contribution in [0.3, 0.4) is 0 Å². The van der Waals surface area contributed by atoms with Crippen molar-refractivity contribution < 1.29 is 27.6 Å². The number of benzene rings is 1. The van der Waals surface area contributed by atoms with Crippen molar-refractivity contribution in [2.45, 2.75) is 39.8 Å². The Labute approximate surface area is 186 Å². The Bertz CT molecular complexity index is 871. The molecule has 1 atom stereocenters. The second-order valence-corrected chi connectivity index (χ2v) is 9.54. The summed E-state index contributed by atoms with van der Waals surface area (Å²) >= 11 is 0. The first-order chi connectivity index (χ1) is 14.9. The molecule has 0 N–H and O–H groups in total. The lowest BCUT2D eigenvalue weighted by atomic mass is 9.90. The van der Waals surface area contributed by atoms with Gasteiger partial charge in [0.25, 0.3) is 5.91 Å². The molecule has 2 heterocycles. The van der Waals surface area contributed by atoms with Crippen LogP contribution < -0.4 is 0 Å². The number of carbonyl (C=O) groups is 3. The molecule has 0 bridgehead atoms. The Morgan fingerprint density at radius 2 is 1.53 bits per heavy atom. The van der Waals surface area contributed by atoms with E-state index in [1.807, 2.05) is 20.8 Å². The monoisotopic (exact) mass is 453 g/mol. The molecule has 3 rings (SSSR count). The third-order valence-corrected chi connectivity index (χ3v) is 6.01. The van der Waals surface area contributed by atoms with Gasteiger partial charge in [0.05, 0.1) is 11.5 Å². The van der Waals surface area contributed by atoms with Gasteiger partial charge in [0.1, 0.15) is 0 Å². The lowest BCUT2D eigenvalue weighted by Crippen LogP contribution is -2.54. The molecule has 176 valence electrons. The summed E-state index contributed by atoms with van der Waals surface area (Å²) in [5, 5.41) is 0. The standard InChI is InChI=1S/C23H30F3N3O3/c1-22(2,3)21(32)29-9-5-7-17(15-29)20(31)28-12-10-27(11-13-28)19(30)16-6-4-8-18(14-16)23(24,25)26/h4,6,8,14,17H,5,7,9-13,15H2,1-3H3. The predicted octanol–water partition coefficient (Wildman–Crippen LogP) is 3.27. The van der Waals surface area contributed by atoms with Crippen LogP contribution in [-0.4, -0.2) is 71.7 Å². The third-order valence-electron chi connectivity index (χ3n) is 6.01. The number of piperidine rings is 1. The van der Waals surface area contributed by atoms with Gasteiger partial charge in [0.2, 0.25) is 11.8 Å². The van der Waals surface area contributed by atoms with Gasteiger partial charge < -0.3 is 14.7 Å². The molecule has 3 amide bonds. The lowest BCUT2D eigenvalue weighted by molar-refractivity contribution is -0.146. The highest BCUT2D eigenvalue weighted by Crippen LogP contribution is 2.30. The topological polar surface area (TPSA) is 60.9 Å². The van der Waals surface area contributed by atoms with Gasteiger partial charge in [-0.2, -0.15) is 13.2 Å². The minimum atomic E-state index is -4.51. The zero-order chi connectivity index (χ0) is 23.7. The highest BCUT2D eigenvalue weighted by Gasteiger charge is 2.36. The SMILES string of the molecule is CC(C)(C)C(=O)N1CCCC(C(=O)N2CCN(C(=O)c3cccc(C(F)(F)F)c3)CC2)C1. The highest BCUT2D eigenvalue weighted by atomic mass is 19.4. The number of hydrogen-bond acceptors (Lipinski definition) is 3. The highest BCUT2D eigenvalue weighted by molar-refractivity contribution is 5.94. The molecule has 2 aliphatic heterocycles. The van der Waals surface area contributed by atoms with Crippen molar-refractivity contribution in [1.29, 1.82) is 0 Å². The summed E-state index contributed by atoms with van der Waals surface area (Å²) in [5.41, 5.74) is -1.37. The van der Waals surface area contributed by atoms with Crippen molar-refractivity contribution >= 4 is 17.7 Å². The Kier molecular flexibility index (Phi) is 6.86. The molecule has 0 aliphatic carbocycles. The van der Waals surface area contributed by atoms with E-state index in [0.29, 0.717) is 26.2 Å². The Hall–Kier alpha value is -2.58. The van der Waals surface area contributed by atoms with Gasteiger partial charge in [-0.15, -0.1) is 0 Å². The fraction of sp³-hybridized carbons (Fsp3) is 0.609. The van der Waals surface area contributed by atoms with Crippen LogP contribution in [0.15, 0.2) is 24.3 Å². The molecule has 2 aliphatic rings. The van der Waals surface area contributed by atoms with Crippen molar-refractivity contribution in [3.05, 3.63) is 35.4 Å². The number of halogens is 3. The minimum Gasteiger partial charge on any atom is -0.341 e. The van der Waals surface area contributed by atoms with Gasteiger partial charge in [-0.1, -0.05) is 26.8 Å². The van der Waals surface area contributed by atoms with Crippen LogP contribution in [0.2, 0.25) is 0 Å². The summed E-state index contributed by atoms with van der Waals surface area (Å²) in [6.45, 7) is 7.82. The van der Waals surface area contributed by atoms with E-state index in [1.54, 1.807) is 9.80 Å². The van der Waals surface area contributed by atoms with Crippen LogP contribution in [0, 0.1) is 11.3 Å². The van der Waals surface area contributed by atoms with Crippen molar-refractivity contribution in [2.24, 2.45) is 11.3 Å².